The third kappa shape index (κ3) is 4.70. The Kier molecular flexibility index (Phi) is 6.62. The highest BCUT2D eigenvalue weighted by Gasteiger charge is 2.30. The third-order valence-corrected chi connectivity index (χ3v) is 7.47. The average molecular weight is 437 g/mol. The minimum atomic E-state index is -3.63. The largest absolute Gasteiger partial charge is 0.351 e. The topological polar surface area (TPSA) is 66.5 Å². The van der Waals surface area contributed by atoms with Crippen molar-refractivity contribution in [3.8, 4) is 0 Å². The van der Waals surface area contributed by atoms with E-state index in [1.807, 2.05) is 36.4 Å². The van der Waals surface area contributed by atoms with Gasteiger partial charge in [0.05, 0.1) is 4.90 Å². The molecule has 0 atom stereocenters. The van der Waals surface area contributed by atoms with Gasteiger partial charge in [-0.15, -0.1) is 0 Å². The highest BCUT2D eigenvalue weighted by atomic mass is 32.2. The van der Waals surface area contributed by atoms with Crippen LogP contribution in [0.3, 0.4) is 0 Å². The molecule has 1 amide bonds. The van der Waals surface area contributed by atoms with Crippen LogP contribution in [0.2, 0.25) is 0 Å². The summed E-state index contributed by atoms with van der Waals surface area (Å²) >= 11 is 0. The molecular weight excluding hydrogens is 408 g/mol. The molecule has 0 heterocycles. The highest BCUT2D eigenvalue weighted by molar-refractivity contribution is 7.89. The van der Waals surface area contributed by atoms with Crippen molar-refractivity contribution in [3.63, 3.8) is 0 Å². The van der Waals surface area contributed by atoms with Gasteiger partial charge in [-0.05, 0) is 42.7 Å². The van der Waals surface area contributed by atoms with Gasteiger partial charge < -0.3 is 5.32 Å². The highest BCUT2D eigenvalue weighted by Crippen LogP contribution is 2.31. The van der Waals surface area contributed by atoms with E-state index in [0.717, 1.165) is 21.0 Å². The number of nitrogens with one attached hydrogen (secondary N) is 1. The maximum Gasteiger partial charge on any atom is 0.251 e. The van der Waals surface area contributed by atoms with Crippen LogP contribution in [-0.4, -0.2) is 39.3 Å². The summed E-state index contributed by atoms with van der Waals surface area (Å²) in [5.41, 5.74) is 2.80. The van der Waals surface area contributed by atoms with Gasteiger partial charge in [0.25, 0.3) is 5.91 Å². The molecule has 0 saturated heterocycles. The normalized spacial score (nSPS) is 12.0. The van der Waals surface area contributed by atoms with Gasteiger partial charge in [0.2, 0.25) is 10.0 Å². The third-order valence-electron chi connectivity index (χ3n) is 5.66. The summed E-state index contributed by atoms with van der Waals surface area (Å²) in [7, 11) is -0.681. The Morgan fingerprint density at radius 3 is 1.90 bits per heavy atom. The summed E-state index contributed by atoms with van der Waals surface area (Å²) in [5, 5.41) is 3.04. The molecule has 3 aromatic rings. The molecule has 0 aliphatic carbocycles. The Morgan fingerprint density at radius 2 is 1.42 bits per heavy atom. The number of amides is 1. The molecule has 6 heteroatoms. The van der Waals surface area contributed by atoms with Crippen LogP contribution >= 0.6 is 0 Å². The molecular formula is C25H28N2O3S. The molecule has 31 heavy (non-hydrogen) atoms. The molecule has 0 radical (unpaired) electrons. The smallest absolute Gasteiger partial charge is 0.251 e. The van der Waals surface area contributed by atoms with Crippen molar-refractivity contribution in [1.82, 2.24) is 9.62 Å². The average Bonchev–Trinajstić information content (AvgIpc) is 2.78. The van der Waals surface area contributed by atoms with E-state index in [1.165, 1.54) is 26.2 Å². The van der Waals surface area contributed by atoms with E-state index in [2.05, 4.69) is 36.5 Å². The molecule has 5 nitrogen and oxygen atoms in total. The van der Waals surface area contributed by atoms with Crippen LogP contribution in [0, 0.1) is 6.92 Å². The van der Waals surface area contributed by atoms with E-state index in [0.29, 0.717) is 12.1 Å². The van der Waals surface area contributed by atoms with E-state index >= 15 is 0 Å². The van der Waals surface area contributed by atoms with Gasteiger partial charge in [-0.1, -0.05) is 66.7 Å². The number of benzene rings is 3. The van der Waals surface area contributed by atoms with Crippen LogP contribution in [0.4, 0.5) is 0 Å². The molecule has 162 valence electrons. The zero-order valence-electron chi connectivity index (χ0n) is 18.3. The second-order valence-electron chi connectivity index (χ2n) is 8.01. The molecule has 0 fully saturated rings. The van der Waals surface area contributed by atoms with Crippen molar-refractivity contribution in [3.05, 3.63) is 101 Å². The Hall–Kier alpha value is -2.96. The lowest BCUT2D eigenvalue weighted by molar-refractivity contribution is 0.0946. The first-order valence-corrected chi connectivity index (χ1v) is 11.5. The number of aryl methyl sites for hydroxylation is 1. The first-order chi connectivity index (χ1) is 14.7. The number of carbonyl (C=O) groups is 1. The summed E-state index contributed by atoms with van der Waals surface area (Å²) < 4.78 is 26.1. The van der Waals surface area contributed by atoms with Crippen LogP contribution in [0.25, 0.3) is 0 Å². The molecule has 0 saturated carbocycles. The van der Waals surface area contributed by atoms with E-state index in [4.69, 9.17) is 0 Å². The van der Waals surface area contributed by atoms with Crippen molar-refractivity contribution in [1.29, 1.82) is 0 Å². The molecule has 3 aromatic carbocycles. The molecule has 0 aliphatic heterocycles. The Bertz CT molecular complexity index is 1120. The van der Waals surface area contributed by atoms with Crippen molar-refractivity contribution in [2.24, 2.45) is 0 Å². The lowest BCUT2D eigenvalue weighted by atomic mass is 9.76. The van der Waals surface area contributed by atoms with Crippen molar-refractivity contribution < 1.29 is 13.2 Å². The lowest BCUT2D eigenvalue weighted by Gasteiger charge is -2.31. The molecule has 0 spiro atoms. The number of rotatable bonds is 7. The van der Waals surface area contributed by atoms with Gasteiger partial charge in [0, 0.05) is 31.6 Å². The number of carbonyl (C=O) groups excluding carboxylic acids is 1. The first-order valence-electron chi connectivity index (χ1n) is 10.1. The summed E-state index contributed by atoms with van der Waals surface area (Å²) in [6.07, 6.45) is 0. The van der Waals surface area contributed by atoms with Crippen LogP contribution in [0.5, 0.6) is 0 Å². The molecule has 1 N–H and O–H groups in total. The first kappa shape index (κ1) is 22.7. The lowest BCUT2D eigenvalue weighted by Crippen LogP contribution is -2.39. The Labute approximate surface area is 184 Å². The van der Waals surface area contributed by atoms with E-state index in [9.17, 15) is 13.2 Å². The second-order valence-corrected chi connectivity index (χ2v) is 10.2. The predicted molar refractivity (Wildman–Crippen MR) is 124 cm³/mol. The zero-order valence-corrected chi connectivity index (χ0v) is 19.1. The number of sulfonamides is 1. The fraction of sp³-hybridized carbons (Fsp3) is 0.240. The second kappa shape index (κ2) is 9.04. The van der Waals surface area contributed by atoms with Crippen molar-refractivity contribution in [2.75, 3.05) is 20.6 Å². The van der Waals surface area contributed by atoms with Gasteiger partial charge in [0.1, 0.15) is 0 Å². The van der Waals surface area contributed by atoms with Crippen molar-refractivity contribution in [2.45, 2.75) is 24.2 Å². The van der Waals surface area contributed by atoms with Gasteiger partial charge in [0.15, 0.2) is 0 Å². The van der Waals surface area contributed by atoms with Crippen LogP contribution < -0.4 is 5.32 Å². The molecule has 0 bridgehead atoms. The number of nitrogens with zero attached hydrogens (tertiary/aromatic N) is 1. The van der Waals surface area contributed by atoms with E-state index in [-0.39, 0.29) is 10.8 Å². The maximum absolute atomic E-state index is 13.1. The van der Waals surface area contributed by atoms with E-state index < -0.39 is 15.4 Å². The molecule has 0 aliphatic rings. The number of hydrogen-bond donors (Lipinski definition) is 1. The van der Waals surface area contributed by atoms with Gasteiger partial charge >= 0.3 is 0 Å². The van der Waals surface area contributed by atoms with E-state index in [1.54, 1.807) is 13.0 Å². The molecule has 3 rings (SSSR count). The zero-order chi connectivity index (χ0) is 22.6. The van der Waals surface area contributed by atoms with Gasteiger partial charge in [-0.25, -0.2) is 12.7 Å². The van der Waals surface area contributed by atoms with Gasteiger partial charge in [-0.2, -0.15) is 0 Å². The van der Waals surface area contributed by atoms with Gasteiger partial charge in [-0.3, -0.25) is 4.79 Å². The van der Waals surface area contributed by atoms with Crippen LogP contribution in [0.15, 0.2) is 83.8 Å². The predicted octanol–water partition coefficient (Wildman–Crippen LogP) is 3.98. The summed E-state index contributed by atoms with van der Waals surface area (Å²) in [6.45, 7) is 4.26. The minimum Gasteiger partial charge on any atom is -0.351 e. The monoisotopic (exact) mass is 436 g/mol. The maximum atomic E-state index is 13.1. The SMILES string of the molecule is Cc1ccc(S(=O)(=O)N(C)C)cc1C(=O)NCC(C)(c1ccccc1)c1ccccc1. The van der Waals surface area contributed by atoms with Crippen LogP contribution in [-0.2, 0) is 15.4 Å². The Morgan fingerprint density at radius 1 is 0.903 bits per heavy atom. The van der Waals surface area contributed by atoms with Crippen molar-refractivity contribution >= 4 is 15.9 Å². The fourth-order valence-corrected chi connectivity index (χ4v) is 4.48. The number of hydrogen-bond acceptors (Lipinski definition) is 3. The standard InChI is InChI=1S/C25H28N2O3S/c1-19-15-16-22(31(29,30)27(3)4)17-23(19)24(28)26-18-25(2,20-11-7-5-8-12-20)21-13-9-6-10-14-21/h5-17H,18H2,1-4H3,(H,26,28). The minimum absolute atomic E-state index is 0.0992. The summed E-state index contributed by atoms with van der Waals surface area (Å²) in [6, 6.07) is 24.7. The summed E-state index contributed by atoms with van der Waals surface area (Å²) in [4.78, 5) is 13.2. The Balaban J connectivity index is 1.92. The molecule has 0 aromatic heterocycles. The summed E-state index contributed by atoms with van der Waals surface area (Å²) in [5.74, 6) is -0.300. The quantitative estimate of drug-likeness (QED) is 0.609. The van der Waals surface area contributed by atoms with Crippen LogP contribution in [0.1, 0.15) is 34.0 Å². The fourth-order valence-electron chi connectivity index (χ4n) is 3.55. The molecule has 0 unspecified atom stereocenters.